The van der Waals surface area contributed by atoms with Gasteiger partial charge in [0, 0.05) is 6.42 Å². The van der Waals surface area contributed by atoms with Gasteiger partial charge in [0.05, 0.1) is 32.0 Å². The summed E-state index contributed by atoms with van der Waals surface area (Å²) >= 11 is 0. The second-order valence-corrected chi connectivity index (χ2v) is 16.2. The number of aliphatic hydroxyl groups excluding tert-OH is 8. The molecule has 61 heavy (non-hydrogen) atoms. The van der Waals surface area contributed by atoms with Gasteiger partial charge in [-0.25, -0.2) is 0 Å². The van der Waals surface area contributed by atoms with Crippen LogP contribution in [0.1, 0.15) is 136 Å². The van der Waals surface area contributed by atoms with E-state index >= 15 is 0 Å². The van der Waals surface area contributed by atoms with Crippen molar-refractivity contribution in [3.63, 3.8) is 0 Å². The number of unbranched alkanes of at least 4 members (excludes halogenated alkanes) is 12. The fourth-order valence-corrected chi connectivity index (χ4v) is 7.06. The van der Waals surface area contributed by atoms with E-state index in [2.05, 4.69) is 67.8 Å². The standard InChI is InChI=1S/C47H81NO13/c1-3-5-7-9-11-13-15-17-19-20-22-24-26-28-30-36(51)35(48-39(52)31-29-27-25-23-21-18-16-14-12-10-8-6-4-2)34-58-46-44(57)42(55)45(38(33-50)60-46)61-47-43(56)41(54)40(53)37(32-49)59-47/h8,10,13-16,20,22,28,30,35-38,40-47,49-51,53-57H,3-7,9,11-12,17-19,21,23-27,29,31-34H2,1-2H3,(H,48,52)/b10-8-,15-13+,16-14-,22-20+,30-28+. The van der Waals surface area contributed by atoms with Crippen molar-refractivity contribution in [3.8, 4) is 0 Å². The largest absolute Gasteiger partial charge is 0.394 e. The van der Waals surface area contributed by atoms with Crippen LogP contribution >= 0.6 is 0 Å². The predicted octanol–water partition coefficient (Wildman–Crippen LogP) is 4.71. The van der Waals surface area contributed by atoms with Crippen molar-refractivity contribution in [2.45, 2.75) is 209 Å². The molecule has 14 heteroatoms. The third-order valence-electron chi connectivity index (χ3n) is 10.9. The maximum absolute atomic E-state index is 13.1. The van der Waals surface area contributed by atoms with Crippen molar-refractivity contribution in [1.82, 2.24) is 5.32 Å². The van der Waals surface area contributed by atoms with Crippen LogP contribution in [-0.4, -0.2) is 140 Å². The van der Waals surface area contributed by atoms with Crippen molar-refractivity contribution < 1.29 is 64.6 Å². The quantitative estimate of drug-likeness (QED) is 0.0322. The number of allylic oxidation sites excluding steroid dienone is 9. The van der Waals surface area contributed by atoms with Crippen LogP contribution in [0, 0.1) is 0 Å². The van der Waals surface area contributed by atoms with Crippen LogP contribution in [0.15, 0.2) is 60.8 Å². The summed E-state index contributed by atoms with van der Waals surface area (Å²) < 4.78 is 22.6. The third-order valence-corrected chi connectivity index (χ3v) is 10.9. The lowest BCUT2D eigenvalue weighted by molar-refractivity contribution is -0.359. The highest BCUT2D eigenvalue weighted by atomic mass is 16.7. The minimum Gasteiger partial charge on any atom is -0.394 e. The molecular formula is C47H81NO13. The van der Waals surface area contributed by atoms with Gasteiger partial charge in [0.1, 0.15) is 48.8 Å². The predicted molar refractivity (Wildman–Crippen MR) is 235 cm³/mol. The molecule has 14 nitrogen and oxygen atoms in total. The van der Waals surface area contributed by atoms with E-state index in [9.17, 15) is 45.6 Å². The van der Waals surface area contributed by atoms with Gasteiger partial charge in [-0.05, 0) is 70.6 Å². The van der Waals surface area contributed by atoms with Gasteiger partial charge in [-0.2, -0.15) is 0 Å². The molecule has 2 saturated heterocycles. The Hall–Kier alpha value is -2.31. The summed E-state index contributed by atoms with van der Waals surface area (Å²) in [6.07, 6.45) is 22.7. The molecular weight excluding hydrogens is 787 g/mol. The summed E-state index contributed by atoms with van der Waals surface area (Å²) in [6.45, 7) is 2.62. The van der Waals surface area contributed by atoms with Crippen LogP contribution in [-0.2, 0) is 23.7 Å². The highest BCUT2D eigenvalue weighted by Crippen LogP contribution is 2.30. The lowest BCUT2D eigenvalue weighted by Gasteiger charge is -2.46. The monoisotopic (exact) mass is 868 g/mol. The molecule has 12 atom stereocenters. The molecule has 2 heterocycles. The van der Waals surface area contributed by atoms with Crippen LogP contribution in [0.5, 0.6) is 0 Å². The molecule has 9 N–H and O–H groups in total. The topological polar surface area (TPSA) is 228 Å². The van der Waals surface area contributed by atoms with E-state index < -0.39 is 86.8 Å². The van der Waals surface area contributed by atoms with Crippen LogP contribution in [0.3, 0.4) is 0 Å². The molecule has 0 aromatic carbocycles. The molecule has 0 spiro atoms. The fourth-order valence-electron chi connectivity index (χ4n) is 7.06. The molecule has 0 aliphatic carbocycles. The minimum absolute atomic E-state index is 0.251. The Balaban J connectivity index is 1.94. The van der Waals surface area contributed by atoms with Gasteiger partial charge in [0.15, 0.2) is 12.6 Å². The Bertz CT molecular complexity index is 1260. The summed E-state index contributed by atoms with van der Waals surface area (Å²) in [6, 6.07) is -0.944. The van der Waals surface area contributed by atoms with Gasteiger partial charge in [-0.1, -0.05) is 120 Å². The second kappa shape index (κ2) is 34.1. The molecule has 2 aliphatic rings. The van der Waals surface area contributed by atoms with Crippen LogP contribution in [0.25, 0.3) is 0 Å². The van der Waals surface area contributed by atoms with Crippen LogP contribution in [0.4, 0.5) is 0 Å². The average molecular weight is 868 g/mol. The number of ether oxygens (including phenoxy) is 4. The van der Waals surface area contributed by atoms with Gasteiger partial charge in [0.25, 0.3) is 0 Å². The first-order valence-electron chi connectivity index (χ1n) is 23.0. The lowest BCUT2D eigenvalue weighted by Crippen LogP contribution is -2.65. The smallest absolute Gasteiger partial charge is 0.220 e. The van der Waals surface area contributed by atoms with Gasteiger partial charge >= 0.3 is 0 Å². The Kier molecular flexibility index (Phi) is 30.7. The minimum atomic E-state index is -1.79. The molecule has 2 fully saturated rings. The molecule has 2 rings (SSSR count). The number of carbonyl (C=O) groups is 1. The molecule has 0 radical (unpaired) electrons. The highest BCUT2D eigenvalue weighted by molar-refractivity contribution is 5.76. The van der Waals surface area contributed by atoms with Crippen molar-refractivity contribution in [2.75, 3.05) is 19.8 Å². The van der Waals surface area contributed by atoms with Gasteiger partial charge in [0.2, 0.25) is 5.91 Å². The number of carbonyl (C=O) groups excluding carboxylic acids is 1. The number of aliphatic hydroxyl groups is 8. The SMILES string of the molecule is CCC/C=C\C/C=C\CCCCCCCC(=O)NC(COC1OC(CO)C(OC2OC(CO)C(O)C(O)C2O)C(O)C1O)C(O)/C=C/CC/C=C/CC/C=C/CCCCCC. The maximum Gasteiger partial charge on any atom is 0.220 e. The van der Waals surface area contributed by atoms with E-state index in [0.717, 1.165) is 77.0 Å². The molecule has 2 aliphatic heterocycles. The zero-order valence-corrected chi connectivity index (χ0v) is 36.9. The van der Waals surface area contributed by atoms with Gasteiger partial charge in [-0.3, -0.25) is 4.79 Å². The number of hydrogen-bond donors (Lipinski definition) is 9. The molecule has 1 amide bonds. The summed E-state index contributed by atoms with van der Waals surface area (Å²) in [4.78, 5) is 13.1. The number of rotatable bonds is 33. The highest BCUT2D eigenvalue weighted by Gasteiger charge is 2.50. The third kappa shape index (κ3) is 22.2. The van der Waals surface area contributed by atoms with E-state index in [0.29, 0.717) is 12.8 Å². The van der Waals surface area contributed by atoms with E-state index in [1.54, 1.807) is 6.08 Å². The van der Waals surface area contributed by atoms with E-state index in [4.69, 9.17) is 18.9 Å². The molecule has 0 bridgehead atoms. The van der Waals surface area contributed by atoms with Crippen molar-refractivity contribution >= 4 is 5.91 Å². The lowest BCUT2D eigenvalue weighted by atomic mass is 9.97. The van der Waals surface area contributed by atoms with E-state index in [-0.39, 0.29) is 18.9 Å². The average Bonchev–Trinajstić information content (AvgIpc) is 3.26. The fraction of sp³-hybridized carbons (Fsp3) is 0.766. The molecule has 12 unspecified atom stereocenters. The summed E-state index contributed by atoms with van der Waals surface area (Å²) in [5, 5.41) is 86.4. The van der Waals surface area contributed by atoms with Gasteiger partial charge in [-0.15, -0.1) is 0 Å². The Morgan fingerprint density at radius 1 is 0.590 bits per heavy atom. The number of amides is 1. The van der Waals surface area contributed by atoms with Crippen molar-refractivity contribution in [1.29, 1.82) is 0 Å². The Labute approximate surface area is 365 Å². The van der Waals surface area contributed by atoms with Crippen LogP contribution < -0.4 is 5.32 Å². The summed E-state index contributed by atoms with van der Waals surface area (Å²) in [5.74, 6) is -0.274. The van der Waals surface area contributed by atoms with E-state index in [1.165, 1.54) is 25.7 Å². The molecule has 352 valence electrons. The molecule has 0 aromatic heterocycles. The van der Waals surface area contributed by atoms with Crippen molar-refractivity contribution in [3.05, 3.63) is 60.8 Å². The molecule has 0 aromatic rings. The first-order chi connectivity index (χ1) is 29.6. The first kappa shape index (κ1) is 54.8. The normalized spacial score (nSPS) is 28.6. The first-order valence-corrected chi connectivity index (χ1v) is 23.0. The Morgan fingerprint density at radius 3 is 1.77 bits per heavy atom. The van der Waals surface area contributed by atoms with Gasteiger partial charge < -0.3 is 65.1 Å². The van der Waals surface area contributed by atoms with Crippen LogP contribution in [0.2, 0.25) is 0 Å². The summed E-state index contributed by atoms with van der Waals surface area (Å²) in [5.41, 5.74) is 0. The van der Waals surface area contributed by atoms with Crippen molar-refractivity contribution in [2.24, 2.45) is 0 Å². The summed E-state index contributed by atoms with van der Waals surface area (Å²) in [7, 11) is 0. The van der Waals surface area contributed by atoms with E-state index in [1.807, 2.05) is 6.08 Å². The number of nitrogens with one attached hydrogen (secondary N) is 1. The molecule has 0 saturated carbocycles. The maximum atomic E-state index is 13.1. The zero-order valence-electron chi connectivity index (χ0n) is 36.9. The second-order valence-electron chi connectivity index (χ2n) is 16.2. The Morgan fingerprint density at radius 2 is 1.13 bits per heavy atom. The zero-order chi connectivity index (χ0) is 44.7. The number of hydrogen-bond acceptors (Lipinski definition) is 13.